The molecule has 1 aliphatic rings. The number of rotatable bonds is 0. The lowest BCUT2D eigenvalue weighted by atomic mass is 10.7. The van der Waals surface area contributed by atoms with Crippen LogP contribution in [0.2, 0.25) is 2.82 Å². The zero-order chi connectivity index (χ0) is 6.31. The van der Waals surface area contributed by atoms with Crippen LogP contribution >= 0.6 is 0 Å². The summed E-state index contributed by atoms with van der Waals surface area (Å²) in [5, 5.41) is 0.236. The number of imide groups is 2. The summed E-state index contributed by atoms with van der Waals surface area (Å²) in [5.74, 6) is 0. The van der Waals surface area contributed by atoms with E-state index in [0.717, 1.165) is 0 Å². The maximum atomic E-state index is 10.0. The second kappa shape index (κ2) is 0.707. The summed E-state index contributed by atoms with van der Waals surface area (Å²) in [5.41, 5.74) is 0. The largest absolute Gasteiger partial charge is 0.330 e. The maximum Gasteiger partial charge on any atom is 0.330 e. The molecule has 0 aliphatic carbocycles. The summed E-state index contributed by atoms with van der Waals surface area (Å²) in [7, 11) is 0. The minimum Gasteiger partial charge on any atom is -0.259 e. The molecule has 1 aliphatic heterocycles. The smallest absolute Gasteiger partial charge is 0.259 e. The van der Waals surface area contributed by atoms with Crippen LogP contribution in [0.1, 0.15) is 0 Å². The molecule has 4 amide bonds. The van der Waals surface area contributed by atoms with Gasteiger partial charge in [-0.15, -0.1) is 0 Å². The highest BCUT2D eigenvalue weighted by molar-refractivity contribution is 6.11. The first-order chi connectivity index (χ1) is 3.64. The normalized spacial score (nSPS) is 26.0. The Balaban J connectivity index is 2.68. The molecule has 1 saturated heterocycles. The highest BCUT2D eigenvalue weighted by atomic mass is 16.2. The van der Waals surface area contributed by atoms with E-state index in [1.54, 1.807) is 0 Å². The monoisotopic (exact) mass is 88.0 g/mol. The third-order valence-electron chi connectivity index (χ3n) is 0.383. The van der Waals surface area contributed by atoms with Crippen molar-refractivity contribution in [1.29, 1.82) is 0 Å². The van der Waals surface area contributed by atoms with Gasteiger partial charge in [0.05, 0.1) is 0 Å². The maximum absolute atomic E-state index is 10.0. The average Bonchev–Trinajstić information content (AvgIpc) is 1.83. The molecule has 0 spiro atoms. The molecule has 0 saturated carbocycles. The number of hydrogen-bond donors (Lipinski definition) is 2. The molecule has 0 radical (unpaired) electrons. The van der Waals surface area contributed by atoms with Crippen LogP contribution in [0.15, 0.2) is 0 Å². The third-order valence-corrected chi connectivity index (χ3v) is 0.383. The first kappa shape index (κ1) is 1.59. The van der Waals surface area contributed by atoms with Crippen molar-refractivity contribution in [3.63, 3.8) is 0 Å². The van der Waals surface area contributed by atoms with Crippen LogP contribution in [0.4, 0.5) is 9.59 Å². The van der Waals surface area contributed by atoms with Gasteiger partial charge in [-0.1, -0.05) is 0 Å². The molecule has 6 heavy (non-hydrogen) atoms. The van der Waals surface area contributed by atoms with Gasteiger partial charge in [0.25, 0.3) is 0 Å². The predicted molar refractivity (Wildman–Crippen MR) is 17.1 cm³/mol. The molecule has 1 fully saturated rings. The number of carbonyl (C=O) groups is 2. The fraction of sp³-hybridized carbons (Fsp3) is 0. The Morgan fingerprint density at radius 2 is 1.67 bits per heavy atom. The Hall–Kier alpha value is -1.06. The summed E-state index contributed by atoms with van der Waals surface area (Å²) in [6.07, 6.45) is 0. The standard InChI is InChI=1S/C2H2N2O2/c5-1-3-2(6)4-1/h(H2,3,4,5,6)/i/hD2. The van der Waals surface area contributed by atoms with Crippen LogP contribution in [0.3, 0.4) is 0 Å². The molecule has 32 valence electrons. The fourth-order valence-corrected chi connectivity index (χ4v) is 0.169. The number of amides is 4. The minimum atomic E-state index is -0.907. The molecule has 0 unspecified atom stereocenters. The second-order valence-corrected chi connectivity index (χ2v) is 0.789. The summed E-state index contributed by atoms with van der Waals surface area (Å²) in [6.45, 7) is 0. The van der Waals surface area contributed by atoms with E-state index < -0.39 is 12.1 Å². The van der Waals surface area contributed by atoms with Crippen molar-refractivity contribution >= 4 is 12.1 Å². The number of hydrogen-bond acceptors (Lipinski definition) is 2. The third kappa shape index (κ3) is 0.230. The van der Waals surface area contributed by atoms with Gasteiger partial charge in [-0.3, -0.25) is 10.6 Å². The van der Waals surface area contributed by atoms with Crippen LogP contribution < -0.4 is 10.6 Å². The zero-order valence-electron chi connectivity index (χ0n) is 4.71. The van der Waals surface area contributed by atoms with E-state index >= 15 is 0 Å². The highest BCUT2D eigenvalue weighted by Gasteiger charge is 2.18. The van der Waals surface area contributed by atoms with Crippen LogP contribution in [-0.4, -0.2) is 12.1 Å². The summed E-state index contributed by atoms with van der Waals surface area (Å²) in [4.78, 5) is 20.1. The summed E-state index contributed by atoms with van der Waals surface area (Å²) in [6, 6.07) is -1.81. The minimum absolute atomic E-state index is 0.118. The first-order valence-electron chi connectivity index (χ1n) is 2.20. The van der Waals surface area contributed by atoms with E-state index in [2.05, 4.69) is 0 Å². The summed E-state index contributed by atoms with van der Waals surface area (Å²) >= 11 is 0. The lowest BCUT2D eigenvalue weighted by molar-refractivity contribution is 0.210. The fourth-order valence-electron chi connectivity index (χ4n) is 0.169. The SMILES string of the molecule is [2H]N1C(=O)N([2H])C1=O. The van der Waals surface area contributed by atoms with Gasteiger partial charge >= 0.3 is 12.1 Å². The van der Waals surface area contributed by atoms with Gasteiger partial charge in [0.15, 0.2) is 2.82 Å². The van der Waals surface area contributed by atoms with Crippen LogP contribution in [-0.2, 0) is 0 Å². The lowest BCUT2D eigenvalue weighted by Gasteiger charge is -2.10. The van der Waals surface area contributed by atoms with E-state index in [1.165, 1.54) is 0 Å². The Morgan fingerprint density at radius 3 is 1.83 bits per heavy atom. The Labute approximate surface area is 36.4 Å². The van der Waals surface area contributed by atoms with Crippen LogP contribution in [0, 0.1) is 0 Å². The molecule has 1 heterocycles. The van der Waals surface area contributed by atoms with Crippen LogP contribution in [0.5, 0.6) is 0 Å². The van der Waals surface area contributed by atoms with E-state index in [0.29, 0.717) is 0 Å². The topological polar surface area (TPSA) is 58.2 Å². The Kier molecular flexibility index (Phi) is 0.188. The van der Waals surface area contributed by atoms with E-state index in [9.17, 15) is 9.59 Å². The number of nitrogens with one attached hydrogen (secondary N) is 2. The van der Waals surface area contributed by atoms with E-state index in [1.807, 2.05) is 0 Å². The predicted octanol–water partition coefficient (Wildman–Crippen LogP) is -0.581. The molecular weight excluding hydrogens is 84.0 g/mol. The number of carbonyl (C=O) groups excluding carboxylic acids is 2. The molecule has 2 N–H and O–H groups in total. The molecule has 0 aromatic carbocycles. The van der Waals surface area contributed by atoms with Gasteiger partial charge in [0.2, 0.25) is 0 Å². The molecule has 4 nitrogen and oxygen atoms in total. The molecule has 0 atom stereocenters. The van der Waals surface area contributed by atoms with Crippen molar-refractivity contribution in [3.8, 4) is 0 Å². The van der Waals surface area contributed by atoms with Crippen molar-refractivity contribution in [1.82, 2.24) is 10.6 Å². The van der Waals surface area contributed by atoms with Gasteiger partial charge in [-0.2, -0.15) is 0 Å². The molecule has 0 aromatic rings. The van der Waals surface area contributed by atoms with Gasteiger partial charge in [-0.05, 0) is 0 Å². The zero-order valence-corrected chi connectivity index (χ0v) is 2.71. The molecule has 0 aromatic heterocycles. The molecular formula is C2H2N2O2. The van der Waals surface area contributed by atoms with Crippen molar-refractivity contribution in [3.05, 3.63) is 0 Å². The van der Waals surface area contributed by atoms with Crippen LogP contribution in [0.25, 0.3) is 0 Å². The molecule has 4 heteroatoms. The van der Waals surface area contributed by atoms with Crippen molar-refractivity contribution in [2.45, 2.75) is 0 Å². The van der Waals surface area contributed by atoms with Crippen molar-refractivity contribution < 1.29 is 12.4 Å². The van der Waals surface area contributed by atoms with E-state index in [-0.39, 0.29) is 10.6 Å². The van der Waals surface area contributed by atoms with Gasteiger partial charge in [0.1, 0.15) is 0 Å². The average molecular weight is 88.1 g/mol. The number of urea groups is 2. The quantitative estimate of drug-likeness (QED) is 0.416. The summed E-state index contributed by atoms with van der Waals surface area (Å²) < 4.78 is 12.9. The Morgan fingerprint density at radius 1 is 1.33 bits per heavy atom. The highest BCUT2D eigenvalue weighted by Crippen LogP contribution is 1.75. The van der Waals surface area contributed by atoms with Crippen molar-refractivity contribution in [2.24, 2.45) is 0 Å². The van der Waals surface area contributed by atoms with E-state index in [4.69, 9.17) is 2.82 Å². The second-order valence-electron chi connectivity index (χ2n) is 0.789. The van der Waals surface area contributed by atoms with Gasteiger partial charge < -0.3 is 0 Å². The van der Waals surface area contributed by atoms with Gasteiger partial charge in [0, 0.05) is 0 Å². The lowest BCUT2D eigenvalue weighted by Crippen LogP contribution is -2.58. The van der Waals surface area contributed by atoms with Crippen molar-refractivity contribution in [2.75, 3.05) is 0 Å². The Bertz CT molecular complexity index is 128. The molecule has 0 bridgehead atoms. The molecule has 1 rings (SSSR count). The first-order valence-corrected chi connectivity index (χ1v) is 1.30. The van der Waals surface area contributed by atoms with Gasteiger partial charge in [-0.25, -0.2) is 9.59 Å².